The van der Waals surface area contributed by atoms with Crippen LogP contribution in [0.25, 0.3) is 0 Å². The monoisotopic (exact) mass is 338 g/mol. The average molecular weight is 340 g/mol. The summed E-state index contributed by atoms with van der Waals surface area (Å²) in [7, 11) is 0. The molecule has 0 radical (unpaired) electrons. The van der Waals surface area contributed by atoms with Crippen LogP contribution in [0.3, 0.4) is 0 Å². The van der Waals surface area contributed by atoms with E-state index >= 15 is 0 Å². The fourth-order valence-corrected chi connectivity index (χ4v) is 1.80. The molecule has 18 heavy (non-hydrogen) atoms. The number of amides is 1. The number of nitrogens with one attached hydrogen (secondary N) is 1. The lowest BCUT2D eigenvalue weighted by Crippen LogP contribution is -2.25. The van der Waals surface area contributed by atoms with E-state index in [0.717, 1.165) is 5.56 Å². The van der Waals surface area contributed by atoms with Gasteiger partial charge in [-0.3, -0.25) is 4.79 Å². The van der Waals surface area contributed by atoms with Crippen molar-refractivity contribution in [3.63, 3.8) is 0 Å². The van der Waals surface area contributed by atoms with Crippen molar-refractivity contribution < 1.29 is 9.18 Å². The smallest absolute Gasteiger partial charge is 0.220 e. The summed E-state index contributed by atoms with van der Waals surface area (Å²) in [6.45, 7) is 2.25. The van der Waals surface area contributed by atoms with Crippen LogP contribution in [-0.4, -0.2) is 11.9 Å². The minimum absolute atomic E-state index is 0. The molecular weight excluding hydrogens is 322 g/mol. The number of hydrogen-bond donors (Lipinski definition) is 2. The Morgan fingerprint density at radius 3 is 2.78 bits per heavy atom. The van der Waals surface area contributed by atoms with Crippen LogP contribution in [0.5, 0.6) is 0 Å². The average Bonchev–Trinajstić information content (AvgIpc) is 2.25. The van der Waals surface area contributed by atoms with Crippen LogP contribution >= 0.6 is 28.3 Å². The fourth-order valence-electron chi connectivity index (χ4n) is 1.31. The Morgan fingerprint density at radius 2 is 2.22 bits per heavy atom. The summed E-state index contributed by atoms with van der Waals surface area (Å²) in [6, 6.07) is 4.42. The molecule has 0 aromatic heterocycles. The first kappa shape index (κ1) is 17.4. The van der Waals surface area contributed by atoms with Crippen LogP contribution in [0.2, 0.25) is 0 Å². The molecule has 0 aliphatic heterocycles. The van der Waals surface area contributed by atoms with Crippen molar-refractivity contribution in [2.24, 2.45) is 5.73 Å². The highest BCUT2D eigenvalue weighted by atomic mass is 79.9. The molecule has 3 N–H and O–H groups in total. The van der Waals surface area contributed by atoms with Gasteiger partial charge in [-0.2, -0.15) is 0 Å². The molecule has 0 fully saturated rings. The van der Waals surface area contributed by atoms with Gasteiger partial charge in [0.25, 0.3) is 0 Å². The lowest BCUT2D eigenvalue weighted by molar-refractivity contribution is -0.121. The Kier molecular flexibility index (Phi) is 8.15. The number of carbonyl (C=O) groups is 1. The predicted molar refractivity (Wildman–Crippen MR) is 76.1 cm³/mol. The third-order valence-electron chi connectivity index (χ3n) is 2.32. The van der Waals surface area contributed by atoms with Crippen LogP contribution in [0.15, 0.2) is 22.7 Å². The number of rotatable bonds is 5. The van der Waals surface area contributed by atoms with Crippen molar-refractivity contribution in [2.45, 2.75) is 32.4 Å². The summed E-state index contributed by atoms with van der Waals surface area (Å²) in [4.78, 5) is 11.4. The van der Waals surface area contributed by atoms with Gasteiger partial charge in [0, 0.05) is 23.5 Å². The molecule has 0 saturated carbocycles. The van der Waals surface area contributed by atoms with Crippen LogP contribution in [-0.2, 0) is 11.3 Å². The van der Waals surface area contributed by atoms with E-state index in [9.17, 15) is 9.18 Å². The first-order valence-electron chi connectivity index (χ1n) is 5.45. The third kappa shape index (κ3) is 6.33. The first-order valence-corrected chi connectivity index (χ1v) is 6.24. The topological polar surface area (TPSA) is 55.1 Å². The Morgan fingerprint density at radius 1 is 1.56 bits per heavy atom. The van der Waals surface area contributed by atoms with Gasteiger partial charge in [-0.25, -0.2) is 4.39 Å². The molecule has 1 unspecified atom stereocenters. The van der Waals surface area contributed by atoms with Crippen LogP contribution in [0.1, 0.15) is 25.3 Å². The minimum atomic E-state index is -0.302. The molecule has 102 valence electrons. The maximum Gasteiger partial charge on any atom is 0.220 e. The molecule has 3 nitrogen and oxygen atoms in total. The van der Waals surface area contributed by atoms with Crippen molar-refractivity contribution in [1.82, 2.24) is 5.32 Å². The first-order chi connectivity index (χ1) is 7.99. The van der Waals surface area contributed by atoms with Gasteiger partial charge < -0.3 is 11.1 Å². The van der Waals surface area contributed by atoms with Crippen molar-refractivity contribution >= 4 is 34.2 Å². The Bertz CT molecular complexity index is 402. The van der Waals surface area contributed by atoms with Gasteiger partial charge in [-0.05, 0) is 31.0 Å². The van der Waals surface area contributed by atoms with Crippen molar-refractivity contribution in [2.75, 3.05) is 0 Å². The molecule has 0 aliphatic carbocycles. The molecule has 6 heteroatoms. The van der Waals surface area contributed by atoms with E-state index < -0.39 is 0 Å². The van der Waals surface area contributed by atoms with Gasteiger partial charge in [0.1, 0.15) is 5.82 Å². The minimum Gasteiger partial charge on any atom is -0.352 e. The predicted octanol–water partition coefficient (Wildman–Crippen LogP) is 2.75. The highest BCUT2D eigenvalue weighted by molar-refractivity contribution is 9.10. The lowest BCUT2D eigenvalue weighted by atomic mass is 10.2. The summed E-state index contributed by atoms with van der Waals surface area (Å²) < 4.78 is 13.5. The SMILES string of the molecule is CC(N)CCC(=O)NCc1ccc(F)cc1Br.Cl. The standard InChI is InChI=1S/C12H16BrFN2O.ClH/c1-8(15)2-5-12(17)16-7-9-3-4-10(14)6-11(9)13;/h3-4,6,8H,2,5,7,15H2,1H3,(H,16,17);1H. The van der Waals surface area contributed by atoms with Crippen LogP contribution in [0, 0.1) is 5.82 Å². The molecule has 1 amide bonds. The summed E-state index contributed by atoms with van der Waals surface area (Å²) >= 11 is 3.25. The van der Waals surface area contributed by atoms with Crippen molar-refractivity contribution in [3.8, 4) is 0 Å². The van der Waals surface area contributed by atoms with E-state index in [1.807, 2.05) is 6.92 Å². The number of nitrogens with two attached hydrogens (primary N) is 1. The van der Waals surface area contributed by atoms with Crippen molar-refractivity contribution in [1.29, 1.82) is 0 Å². The Balaban J connectivity index is 0.00000289. The molecule has 0 spiro atoms. The molecule has 0 aliphatic rings. The summed E-state index contributed by atoms with van der Waals surface area (Å²) in [5.41, 5.74) is 6.41. The molecule has 0 heterocycles. The van der Waals surface area contributed by atoms with E-state index in [-0.39, 0.29) is 30.2 Å². The van der Waals surface area contributed by atoms with Gasteiger partial charge in [-0.15, -0.1) is 12.4 Å². The maximum absolute atomic E-state index is 12.8. The molecule has 0 bridgehead atoms. The number of halogens is 3. The summed E-state index contributed by atoms with van der Waals surface area (Å²) in [5.74, 6) is -0.345. The van der Waals surface area contributed by atoms with E-state index in [0.29, 0.717) is 23.9 Å². The quantitative estimate of drug-likeness (QED) is 0.866. The maximum atomic E-state index is 12.8. The van der Waals surface area contributed by atoms with E-state index in [1.54, 1.807) is 6.07 Å². The van der Waals surface area contributed by atoms with Crippen molar-refractivity contribution in [3.05, 3.63) is 34.1 Å². The number of benzene rings is 1. The Hall–Kier alpha value is -0.650. The summed E-state index contributed by atoms with van der Waals surface area (Å²) in [5, 5.41) is 2.77. The number of carbonyl (C=O) groups excluding carboxylic acids is 1. The normalized spacial score (nSPS) is 11.6. The molecule has 0 saturated heterocycles. The Labute approximate surface area is 121 Å². The molecule has 1 aromatic rings. The fraction of sp³-hybridized carbons (Fsp3) is 0.417. The molecule has 1 rings (SSSR count). The van der Waals surface area contributed by atoms with Crippen LogP contribution in [0.4, 0.5) is 4.39 Å². The van der Waals surface area contributed by atoms with Gasteiger partial charge >= 0.3 is 0 Å². The zero-order chi connectivity index (χ0) is 12.8. The second-order valence-electron chi connectivity index (χ2n) is 4.03. The molecule has 1 atom stereocenters. The zero-order valence-corrected chi connectivity index (χ0v) is 12.5. The summed E-state index contributed by atoms with van der Waals surface area (Å²) in [6.07, 6.45) is 1.08. The van der Waals surface area contributed by atoms with Gasteiger partial charge in [-0.1, -0.05) is 22.0 Å². The second kappa shape index (κ2) is 8.45. The van der Waals surface area contributed by atoms with Gasteiger partial charge in [0.15, 0.2) is 0 Å². The van der Waals surface area contributed by atoms with E-state index in [4.69, 9.17) is 5.73 Å². The van der Waals surface area contributed by atoms with E-state index in [1.165, 1.54) is 12.1 Å². The molecule has 1 aromatic carbocycles. The zero-order valence-electron chi connectivity index (χ0n) is 10.1. The highest BCUT2D eigenvalue weighted by Gasteiger charge is 2.05. The number of hydrogen-bond acceptors (Lipinski definition) is 2. The second-order valence-corrected chi connectivity index (χ2v) is 4.88. The molecular formula is C12H17BrClFN2O. The van der Waals surface area contributed by atoms with Crippen LogP contribution < -0.4 is 11.1 Å². The highest BCUT2D eigenvalue weighted by Crippen LogP contribution is 2.17. The lowest BCUT2D eigenvalue weighted by Gasteiger charge is -2.08. The van der Waals surface area contributed by atoms with E-state index in [2.05, 4.69) is 21.2 Å². The third-order valence-corrected chi connectivity index (χ3v) is 3.06. The van der Waals surface area contributed by atoms with Gasteiger partial charge in [0.05, 0.1) is 0 Å². The largest absolute Gasteiger partial charge is 0.352 e. The van der Waals surface area contributed by atoms with Gasteiger partial charge in [0.2, 0.25) is 5.91 Å².